The lowest BCUT2D eigenvalue weighted by molar-refractivity contribution is 0.247. The van der Waals surface area contributed by atoms with Crippen molar-refractivity contribution in [3.63, 3.8) is 0 Å². The van der Waals surface area contributed by atoms with E-state index in [0.29, 0.717) is 0 Å². The summed E-state index contributed by atoms with van der Waals surface area (Å²) in [7, 11) is 2.51. The second-order valence-corrected chi connectivity index (χ2v) is 10.8. The van der Waals surface area contributed by atoms with Gasteiger partial charge in [-0.1, -0.05) is 12.2 Å². The Morgan fingerprint density at radius 2 is 1.00 bits per heavy atom. The molecule has 6 heteroatoms. The molecule has 0 aromatic carbocycles. The lowest BCUT2D eigenvalue weighted by atomic mass is 10.6. The van der Waals surface area contributed by atoms with Crippen molar-refractivity contribution in [1.29, 1.82) is 0 Å². The Hall–Kier alpha value is -0.246. The van der Waals surface area contributed by atoms with E-state index in [1.54, 1.807) is 28.4 Å². The number of rotatable bonds is 10. The van der Waals surface area contributed by atoms with E-state index in [-0.39, 0.29) is 0 Å². The molecule has 4 nitrogen and oxygen atoms in total. The summed E-state index contributed by atoms with van der Waals surface area (Å²) in [4.78, 5) is 0. The van der Waals surface area contributed by atoms with Gasteiger partial charge in [0.15, 0.2) is 0 Å². The minimum Gasteiger partial charge on any atom is -0.395 e. The maximum Gasteiger partial charge on any atom is 0.364 e. The van der Waals surface area contributed by atoms with Crippen molar-refractivity contribution < 1.29 is 17.7 Å². The van der Waals surface area contributed by atoms with Crippen molar-refractivity contribution in [1.82, 2.24) is 0 Å². The van der Waals surface area contributed by atoms with Crippen LogP contribution >= 0.6 is 0 Å². The molecule has 0 atom stereocenters. The van der Waals surface area contributed by atoms with Crippen molar-refractivity contribution >= 4 is 17.1 Å². The predicted molar refractivity (Wildman–Crippen MR) is 83.4 cm³/mol. The molecule has 0 heterocycles. The van der Waals surface area contributed by atoms with Crippen LogP contribution < -0.4 is 0 Å². The Morgan fingerprint density at radius 1 is 0.684 bits per heavy atom. The van der Waals surface area contributed by atoms with Gasteiger partial charge in [0.25, 0.3) is 0 Å². The quantitative estimate of drug-likeness (QED) is 0.581. The molecule has 0 radical (unpaired) electrons. The first-order valence-corrected chi connectivity index (χ1v) is 10.8. The van der Waals surface area contributed by atoms with Gasteiger partial charge < -0.3 is 17.7 Å². The third kappa shape index (κ3) is 5.72. The molecule has 0 rings (SSSR count). The van der Waals surface area contributed by atoms with Gasteiger partial charge in [0, 0.05) is 28.4 Å². The highest BCUT2D eigenvalue weighted by atomic mass is 28.4. The van der Waals surface area contributed by atoms with E-state index >= 15 is 0 Å². The van der Waals surface area contributed by atoms with Crippen LogP contribution in [0.25, 0.3) is 0 Å². The summed E-state index contributed by atoms with van der Waals surface area (Å²) in [5.41, 5.74) is 4.15. The summed E-state index contributed by atoms with van der Waals surface area (Å²) in [6, 6.07) is 1.81. The summed E-state index contributed by atoms with van der Waals surface area (Å²) in [5, 5.41) is 0. The number of hydrogen-bond donors (Lipinski definition) is 0. The lowest BCUT2D eigenvalue weighted by Crippen LogP contribution is -2.41. The van der Waals surface area contributed by atoms with Gasteiger partial charge in [0.2, 0.25) is 0 Å². The van der Waals surface area contributed by atoms with Gasteiger partial charge in [-0.25, -0.2) is 0 Å². The van der Waals surface area contributed by atoms with Crippen molar-refractivity contribution in [3.05, 3.63) is 23.6 Å². The van der Waals surface area contributed by atoms with Gasteiger partial charge in [-0.05, 0) is 43.8 Å². The van der Waals surface area contributed by atoms with E-state index in [9.17, 15) is 0 Å². The average Bonchev–Trinajstić information content (AvgIpc) is 2.45. The maximum atomic E-state index is 5.62. The fourth-order valence-electron chi connectivity index (χ4n) is 2.10. The van der Waals surface area contributed by atoms with Crippen LogP contribution in [0.4, 0.5) is 0 Å². The van der Waals surface area contributed by atoms with Gasteiger partial charge in [0.05, 0.1) is 0 Å². The highest BCUT2D eigenvalue weighted by Gasteiger charge is 2.36. The van der Waals surface area contributed by atoms with Gasteiger partial charge in [-0.15, -0.1) is 0 Å². The molecule has 0 aromatic rings. The zero-order chi connectivity index (χ0) is 14.8. The van der Waals surface area contributed by atoms with Crippen LogP contribution in [0.2, 0.25) is 12.1 Å². The standard InChI is InChI=1S/C13H28O4Si2/c1-7-10-18(14-3,15-4)12-9-13-19(16-5,17-6)11-8-2/h7-8,10-11H,9,12-13H2,1-6H3. The predicted octanol–water partition coefficient (Wildman–Crippen LogP) is 3.08. The van der Waals surface area contributed by atoms with Crippen molar-refractivity contribution in [2.75, 3.05) is 28.4 Å². The Kier molecular flexibility index (Phi) is 9.50. The molecule has 0 N–H and O–H groups in total. The molecule has 0 amide bonds. The second kappa shape index (κ2) is 9.63. The Bertz CT molecular complexity index is 256. The van der Waals surface area contributed by atoms with E-state index < -0.39 is 17.1 Å². The monoisotopic (exact) mass is 304 g/mol. The first-order valence-electron chi connectivity index (χ1n) is 6.56. The molecule has 0 unspecified atom stereocenters. The highest BCUT2D eigenvalue weighted by Crippen LogP contribution is 2.23. The van der Waals surface area contributed by atoms with Gasteiger partial charge in [-0.3, -0.25) is 0 Å². The molecule has 0 aliphatic carbocycles. The molecule has 112 valence electrons. The molecule has 0 aliphatic heterocycles. The van der Waals surface area contributed by atoms with Crippen LogP contribution in [-0.4, -0.2) is 45.6 Å². The summed E-state index contributed by atoms with van der Waals surface area (Å²) in [6.45, 7) is 3.98. The van der Waals surface area contributed by atoms with E-state index in [0.717, 1.165) is 18.5 Å². The molecule has 0 aromatic heterocycles. The molecule has 0 spiro atoms. The summed E-state index contributed by atoms with van der Waals surface area (Å²) < 4.78 is 22.5. The van der Waals surface area contributed by atoms with Crippen molar-refractivity contribution in [3.8, 4) is 0 Å². The smallest absolute Gasteiger partial charge is 0.364 e. The van der Waals surface area contributed by atoms with Crippen LogP contribution in [0.15, 0.2) is 23.6 Å². The third-order valence-electron chi connectivity index (χ3n) is 3.27. The van der Waals surface area contributed by atoms with Crippen molar-refractivity contribution in [2.45, 2.75) is 32.4 Å². The molecule has 19 heavy (non-hydrogen) atoms. The van der Waals surface area contributed by atoms with E-state index in [1.165, 1.54) is 0 Å². The summed E-state index contributed by atoms with van der Waals surface area (Å²) in [6.07, 6.45) is 4.97. The lowest BCUT2D eigenvalue weighted by Gasteiger charge is -2.27. The Labute approximate surface area is 119 Å². The average molecular weight is 305 g/mol. The van der Waals surface area contributed by atoms with Gasteiger partial charge >= 0.3 is 17.1 Å². The first kappa shape index (κ1) is 18.8. The summed E-state index contributed by atoms with van der Waals surface area (Å²) >= 11 is 0. The first-order chi connectivity index (χ1) is 9.07. The minimum atomic E-state index is -2.19. The van der Waals surface area contributed by atoms with Gasteiger partial charge in [-0.2, -0.15) is 0 Å². The fourth-order valence-corrected chi connectivity index (χ4v) is 6.84. The fraction of sp³-hybridized carbons (Fsp3) is 0.692. The van der Waals surface area contributed by atoms with Crippen LogP contribution in [-0.2, 0) is 17.7 Å². The Morgan fingerprint density at radius 3 is 1.21 bits per heavy atom. The minimum absolute atomic E-state index is 0.906. The molecular weight excluding hydrogens is 276 g/mol. The molecule has 0 saturated carbocycles. The van der Waals surface area contributed by atoms with Crippen molar-refractivity contribution in [2.24, 2.45) is 0 Å². The normalized spacial score (nSPS) is 13.8. The summed E-state index contributed by atoms with van der Waals surface area (Å²) in [5.74, 6) is 0. The SMILES string of the molecule is CC=C[Si](CCC[Si](C=CC)(OC)OC)(OC)OC. The topological polar surface area (TPSA) is 36.9 Å². The second-order valence-electron chi connectivity index (χ2n) is 4.29. The van der Waals surface area contributed by atoms with Gasteiger partial charge in [0.1, 0.15) is 0 Å². The van der Waals surface area contributed by atoms with E-state index in [4.69, 9.17) is 17.7 Å². The van der Waals surface area contributed by atoms with Crippen LogP contribution in [0.3, 0.4) is 0 Å². The molecule has 0 saturated heterocycles. The molecule has 0 bridgehead atoms. The van der Waals surface area contributed by atoms with Crippen LogP contribution in [0.5, 0.6) is 0 Å². The van der Waals surface area contributed by atoms with Crippen LogP contribution in [0.1, 0.15) is 20.3 Å². The van der Waals surface area contributed by atoms with Crippen LogP contribution in [0, 0.1) is 0 Å². The van der Waals surface area contributed by atoms with E-state index in [1.807, 2.05) is 26.0 Å². The zero-order valence-electron chi connectivity index (χ0n) is 13.1. The Balaban J connectivity index is 4.61. The van der Waals surface area contributed by atoms with E-state index in [2.05, 4.69) is 11.4 Å². The molecular formula is C13H28O4Si2. The molecule has 0 aliphatic rings. The number of allylic oxidation sites excluding steroid dienone is 2. The number of hydrogen-bond acceptors (Lipinski definition) is 4. The largest absolute Gasteiger partial charge is 0.395 e. The third-order valence-corrected chi connectivity index (χ3v) is 9.82. The zero-order valence-corrected chi connectivity index (χ0v) is 15.1. The maximum absolute atomic E-state index is 5.62. The highest BCUT2D eigenvalue weighted by molar-refractivity contribution is 6.74. The molecule has 0 fully saturated rings.